The van der Waals surface area contributed by atoms with E-state index in [9.17, 15) is 14.7 Å². The predicted octanol–water partition coefficient (Wildman–Crippen LogP) is 4.45. The molecule has 174 valence electrons. The maximum absolute atomic E-state index is 13.3. The summed E-state index contributed by atoms with van der Waals surface area (Å²) in [6, 6.07) is 3.18. The number of carbonyl (C=O) groups is 2. The van der Waals surface area contributed by atoms with Gasteiger partial charge in [-0.25, -0.2) is 0 Å². The van der Waals surface area contributed by atoms with Gasteiger partial charge in [-0.15, -0.1) is 0 Å². The standard InChI is InChI=1S/C24H30ClNO6/c1-6-31-7-8-32-23(29)19-13(2)26-16-11-24(3,4)12-17(27)21(16)20(19)14-9-15(25)22(28)18(10-14)30-5/h9-10,19-20,28H,6-8,11-12H2,1-5H3/t19?,20-/m1/s1. The fraction of sp³-hybridized carbons (Fsp3) is 0.542. The number of aromatic hydroxyl groups is 1. The van der Waals surface area contributed by atoms with Crippen LogP contribution < -0.4 is 4.74 Å². The van der Waals surface area contributed by atoms with Crippen LogP contribution in [0.4, 0.5) is 0 Å². The summed E-state index contributed by atoms with van der Waals surface area (Å²) < 4.78 is 16.0. The van der Waals surface area contributed by atoms with Gasteiger partial charge in [-0.3, -0.25) is 14.6 Å². The fourth-order valence-corrected chi connectivity index (χ4v) is 4.69. The summed E-state index contributed by atoms with van der Waals surface area (Å²) in [6.07, 6.45) is 0.975. The number of phenolic OH excluding ortho intramolecular Hbond substituents is 1. The number of Topliss-reactive ketones (excluding diaryl/α,β-unsaturated/α-hetero) is 1. The molecule has 0 spiro atoms. The van der Waals surface area contributed by atoms with Crippen LogP contribution in [0.25, 0.3) is 0 Å². The van der Waals surface area contributed by atoms with Gasteiger partial charge in [0.15, 0.2) is 17.3 Å². The molecule has 32 heavy (non-hydrogen) atoms. The summed E-state index contributed by atoms with van der Waals surface area (Å²) in [6.45, 7) is 8.62. The number of benzene rings is 1. The highest BCUT2D eigenvalue weighted by molar-refractivity contribution is 6.32. The highest BCUT2D eigenvalue weighted by Crippen LogP contribution is 2.49. The molecule has 2 atom stereocenters. The van der Waals surface area contributed by atoms with Crippen molar-refractivity contribution in [3.05, 3.63) is 34.0 Å². The Morgan fingerprint density at radius 2 is 2.00 bits per heavy atom. The number of aliphatic imine (C=N–C) groups is 1. The molecule has 1 N–H and O–H groups in total. The van der Waals surface area contributed by atoms with Gasteiger partial charge in [0.2, 0.25) is 0 Å². The van der Waals surface area contributed by atoms with Crippen molar-refractivity contribution in [1.82, 2.24) is 0 Å². The first-order chi connectivity index (χ1) is 15.1. The maximum atomic E-state index is 13.3. The van der Waals surface area contributed by atoms with E-state index in [0.29, 0.717) is 42.0 Å². The molecule has 7 nitrogen and oxygen atoms in total. The van der Waals surface area contributed by atoms with E-state index in [0.717, 1.165) is 0 Å². The highest BCUT2D eigenvalue weighted by atomic mass is 35.5. The first-order valence-corrected chi connectivity index (χ1v) is 11.1. The van der Waals surface area contributed by atoms with Crippen molar-refractivity contribution in [3.63, 3.8) is 0 Å². The van der Waals surface area contributed by atoms with Gasteiger partial charge < -0.3 is 19.3 Å². The molecular weight excluding hydrogens is 434 g/mol. The van der Waals surface area contributed by atoms with E-state index in [1.165, 1.54) is 7.11 Å². The van der Waals surface area contributed by atoms with E-state index in [2.05, 4.69) is 4.99 Å². The Hall–Kier alpha value is -2.38. The summed E-state index contributed by atoms with van der Waals surface area (Å²) in [4.78, 5) is 31.1. The van der Waals surface area contributed by atoms with Crippen molar-refractivity contribution < 1.29 is 28.9 Å². The summed E-state index contributed by atoms with van der Waals surface area (Å²) >= 11 is 6.26. The van der Waals surface area contributed by atoms with Crippen molar-refractivity contribution in [3.8, 4) is 11.5 Å². The van der Waals surface area contributed by atoms with Gasteiger partial charge in [0.05, 0.1) is 18.7 Å². The quantitative estimate of drug-likeness (QED) is 0.474. The van der Waals surface area contributed by atoms with Gasteiger partial charge in [0.25, 0.3) is 0 Å². The molecule has 0 saturated heterocycles. The second kappa shape index (κ2) is 9.63. The van der Waals surface area contributed by atoms with Crippen LogP contribution >= 0.6 is 11.6 Å². The number of esters is 1. The largest absolute Gasteiger partial charge is 0.503 e. The number of ether oxygens (including phenoxy) is 3. The smallest absolute Gasteiger partial charge is 0.315 e. The Kier molecular flexibility index (Phi) is 7.30. The molecule has 1 aromatic rings. The first kappa shape index (κ1) is 24.3. The zero-order valence-corrected chi connectivity index (χ0v) is 19.9. The molecule has 1 heterocycles. The van der Waals surface area contributed by atoms with E-state index in [4.69, 9.17) is 25.8 Å². The molecule has 0 bridgehead atoms. The van der Waals surface area contributed by atoms with Crippen LogP contribution in [0, 0.1) is 11.3 Å². The number of methoxy groups -OCH3 is 1. The second-order valence-corrected chi connectivity index (χ2v) is 9.34. The topological polar surface area (TPSA) is 94.4 Å². The fourth-order valence-electron chi connectivity index (χ4n) is 4.47. The van der Waals surface area contributed by atoms with E-state index in [-0.39, 0.29) is 40.9 Å². The van der Waals surface area contributed by atoms with Gasteiger partial charge >= 0.3 is 5.97 Å². The SMILES string of the molecule is CCOCCOC(=O)C1C(C)=NC2=C(C(=O)CC(C)(C)C2)[C@@H]1c1cc(Cl)c(O)c(OC)c1. The average Bonchev–Trinajstić information content (AvgIpc) is 2.71. The summed E-state index contributed by atoms with van der Waals surface area (Å²) in [5.74, 6) is -2.00. The van der Waals surface area contributed by atoms with Crippen molar-refractivity contribution in [2.24, 2.45) is 16.3 Å². The molecule has 1 aliphatic carbocycles. The number of halogens is 1. The number of ketones is 1. The molecule has 0 fully saturated rings. The lowest BCUT2D eigenvalue weighted by Gasteiger charge is -2.39. The average molecular weight is 464 g/mol. The van der Waals surface area contributed by atoms with Crippen LogP contribution in [0.3, 0.4) is 0 Å². The number of hydrogen-bond acceptors (Lipinski definition) is 7. The summed E-state index contributed by atoms with van der Waals surface area (Å²) in [5.41, 5.74) is 2.13. The molecule has 2 aliphatic rings. The highest BCUT2D eigenvalue weighted by Gasteiger charge is 2.46. The van der Waals surface area contributed by atoms with Crippen LogP contribution in [0.2, 0.25) is 5.02 Å². The van der Waals surface area contributed by atoms with Gasteiger partial charge in [-0.05, 0) is 43.4 Å². The third kappa shape index (κ3) is 4.84. The molecule has 0 aromatic heterocycles. The van der Waals surface area contributed by atoms with E-state index in [1.54, 1.807) is 19.1 Å². The van der Waals surface area contributed by atoms with Crippen LogP contribution in [-0.4, -0.2) is 49.5 Å². The number of hydrogen-bond donors (Lipinski definition) is 1. The van der Waals surface area contributed by atoms with Crippen molar-refractivity contribution in [2.45, 2.75) is 46.5 Å². The Bertz CT molecular complexity index is 981. The van der Waals surface area contributed by atoms with E-state index >= 15 is 0 Å². The van der Waals surface area contributed by atoms with Gasteiger partial charge in [-0.2, -0.15) is 0 Å². The molecule has 1 unspecified atom stereocenters. The zero-order valence-electron chi connectivity index (χ0n) is 19.2. The van der Waals surface area contributed by atoms with Crippen molar-refractivity contribution in [2.75, 3.05) is 26.9 Å². The lowest BCUT2D eigenvalue weighted by Crippen LogP contribution is -2.39. The van der Waals surface area contributed by atoms with E-state index in [1.807, 2.05) is 20.8 Å². The minimum Gasteiger partial charge on any atom is -0.503 e. The van der Waals surface area contributed by atoms with Crippen molar-refractivity contribution >= 4 is 29.1 Å². The molecule has 1 aliphatic heterocycles. The monoisotopic (exact) mass is 463 g/mol. The zero-order chi connectivity index (χ0) is 23.6. The Morgan fingerprint density at radius 1 is 1.28 bits per heavy atom. The summed E-state index contributed by atoms with van der Waals surface area (Å²) in [5, 5.41) is 10.3. The third-order valence-corrected chi connectivity index (χ3v) is 6.15. The first-order valence-electron chi connectivity index (χ1n) is 10.7. The van der Waals surface area contributed by atoms with Gasteiger partial charge in [0.1, 0.15) is 12.5 Å². The predicted molar refractivity (Wildman–Crippen MR) is 122 cm³/mol. The van der Waals surface area contributed by atoms with Crippen molar-refractivity contribution in [1.29, 1.82) is 0 Å². The number of nitrogens with zero attached hydrogens (tertiary/aromatic N) is 1. The molecule has 0 radical (unpaired) electrons. The molecule has 0 amide bonds. The molecule has 8 heteroatoms. The number of allylic oxidation sites excluding steroid dienone is 2. The Labute approximate surface area is 193 Å². The normalized spacial score (nSPS) is 22.3. The minimum absolute atomic E-state index is 0.0484. The number of carbonyl (C=O) groups excluding carboxylic acids is 2. The molecular formula is C24H30ClNO6. The Balaban J connectivity index is 2.11. The lowest BCUT2D eigenvalue weighted by molar-refractivity contribution is -0.148. The minimum atomic E-state index is -0.800. The van der Waals surface area contributed by atoms with E-state index < -0.39 is 17.8 Å². The lowest BCUT2D eigenvalue weighted by atomic mass is 9.67. The van der Waals surface area contributed by atoms with Gasteiger partial charge in [-0.1, -0.05) is 25.4 Å². The van der Waals surface area contributed by atoms with Gasteiger partial charge in [0, 0.05) is 35.9 Å². The molecule has 1 aromatic carbocycles. The second-order valence-electron chi connectivity index (χ2n) is 8.93. The molecule has 0 saturated carbocycles. The molecule has 3 rings (SSSR count). The third-order valence-electron chi connectivity index (χ3n) is 5.86. The van der Waals surface area contributed by atoms with Crippen LogP contribution in [0.5, 0.6) is 11.5 Å². The number of phenols is 1. The van der Waals surface area contributed by atoms with Crippen LogP contribution in [0.15, 0.2) is 28.4 Å². The number of rotatable bonds is 7. The maximum Gasteiger partial charge on any atom is 0.315 e. The Morgan fingerprint density at radius 3 is 2.66 bits per heavy atom. The van der Waals surface area contributed by atoms with Crippen LogP contribution in [-0.2, 0) is 19.1 Å². The van der Waals surface area contributed by atoms with Crippen LogP contribution in [0.1, 0.15) is 52.0 Å². The summed E-state index contributed by atoms with van der Waals surface area (Å²) in [7, 11) is 1.42.